The molecule has 0 spiro atoms. The number of amides is 1. The highest BCUT2D eigenvalue weighted by atomic mass is 32.2. The van der Waals surface area contributed by atoms with E-state index in [1.165, 1.54) is 6.07 Å². The van der Waals surface area contributed by atoms with E-state index in [1.54, 1.807) is 65.6 Å². The number of aryl methyl sites for hydroxylation is 1. The second kappa shape index (κ2) is 9.67. The summed E-state index contributed by atoms with van der Waals surface area (Å²) in [6.45, 7) is 0.999. The smallest absolute Gasteiger partial charge is 0.240 e. The standard InChI is InChI=1S/C24H25FN2O4S/c25-22-9-5-4-8-21(22)23-12-10-19(31-23)11-13-24(28)27-16-14-18(15-17-27)26-32(29,30)20-6-2-1-3-7-20/h1-10,12,18,26H,11,13-17H2. The molecule has 3 aromatic rings. The second-order valence-electron chi connectivity index (χ2n) is 7.84. The lowest BCUT2D eigenvalue weighted by molar-refractivity contribution is -0.132. The van der Waals surface area contributed by atoms with Gasteiger partial charge in [-0.2, -0.15) is 0 Å². The van der Waals surface area contributed by atoms with Gasteiger partial charge in [0.2, 0.25) is 15.9 Å². The summed E-state index contributed by atoms with van der Waals surface area (Å²) >= 11 is 0. The van der Waals surface area contributed by atoms with Crippen molar-refractivity contribution >= 4 is 15.9 Å². The Kier molecular flexibility index (Phi) is 6.72. The topological polar surface area (TPSA) is 79.6 Å². The van der Waals surface area contributed by atoms with Crippen LogP contribution in [0.2, 0.25) is 0 Å². The molecule has 0 aliphatic carbocycles. The molecular formula is C24H25FN2O4S. The van der Waals surface area contributed by atoms with Crippen LogP contribution in [0, 0.1) is 5.82 Å². The summed E-state index contributed by atoms with van der Waals surface area (Å²) in [5, 5.41) is 0. The Labute approximate surface area is 187 Å². The number of nitrogens with zero attached hydrogens (tertiary/aromatic N) is 1. The summed E-state index contributed by atoms with van der Waals surface area (Å²) in [5.41, 5.74) is 0.394. The van der Waals surface area contributed by atoms with Crippen LogP contribution in [0.15, 0.2) is 76.0 Å². The maximum Gasteiger partial charge on any atom is 0.240 e. The lowest BCUT2D eigenvalue weighted by atomic mass is 10.1. The minimum Gasteiger partial charge on any atom is -0.461 e. The summed E-state index contributed by atoms with van der Waals surface area (Å²) in [6, 6.07) is 17.9. The number of likely N-dealkylation sites (tertiary alicyclic amines) is 1. The molecule has 8 heteroatoms. The maximum atomic E-state index is 13.9. The quantitative estimate of drug-likeness (QED) is 0.583. The fourth-order valence-electron chi connectivity index (χ4n) is 3.84. The van der Waals surface area contributed by atoms with Gasteiger partial charge in [0.05, 0.1) is 10.5 Å². The van der Waals surface area contributed by atoms with Crippen LogP contribution in [0.1, 0.15) is 25.0 Å². The van der Waals surface area contributed by atoms with Crippen molar-refractivity contribution in [1.82, 2.24) is 9.62 Å². The highest BCUT2D eigenvalue weighted by Gasteiger charge is 2.26. The van der Waals surface area contributed by atoms with Crippen LogP contribution >= 0.6 is 0 Å². The third-order valence-corrected chi connectivity index (χ3v) is 7.15. The molecule has 0 unspecified atom stereocenters. The molecule has 0 bridgehead atoms. The Morgan fingerprint density at radius 3 is 2.41 bits per heavy atom. The molecular weight excluding hydrogens is 431 g/mol. The van der Waals surface area contributed by atoms with E-state index in [0.29, 0.717) is 49.4 Å². The molecule has 1 amide bonds. The SMILES string of the molecule is O=C(CCc1ccc(-c2ccccc2F)o1)N1CCC(NS(=O)(=O)c2ccccc2)CC1. The zero-order valence-electron chi connectivity index (χ0n) is 17.5. The summed E-state index contributed by atoms with van der Waals surface area (Å²) < 4.78 is 47.3. The molecule has 0 radical (unpaired) electrons. The fourth-order valence-corrected chi connectivity index (χ4v) is 5.17. The van der Waals surface area contributed by atoms with Crippen LogP contribution in [0.5, 0.6) is 0 Å². The van der Waals surface area contributed by atoms with E-state index < -0.39 is 10.0 Å². The van der Waals surface area contributed by atoms with Crippen molar-refractivity contribution in [3.63, 3.8) is 0 Å². The molecule has 0 saturated carbocycles. The number of hydrogen-bond acceptors (Lipinski definition) is 4. The number of benzene rings is 2. The van der Waals surface area contributed by atoms with E-state index in [2.05, 4.69) is 4.72 Å². The van der Waals surface area contributed by atoms with E-state index in [0.717, 1.165) is 0 Å². The van der Waals surface area contributed by atoms with Gasteiger partial charge in [0.15, 0.2) is 0 Å². The molecule has 1 fully saturated rings. The van der Waals surface area contributed by atoms with E-state index in [1.807, 2.05) is 0 Å². The van der Waals surface area contributed by atoms with Crippen LogP contribution in [-0.2, 0) is 21.2 Å². The predicted octanol–water partition coefficient (Wildman–Crippen LogP) is 3.99. The number of halogens is 1. The molecule has 1 aromatic heterocycles. The first-order valence-corrected chi connectivity index (χ1v) is 12.1. The molecule has 1 aliphatic heterocycles. The number of piperidine rings is 1. The minimum absolute atomic E-state index is 0.00166. The van der Waals surface area contributed by atoms with Gasteiger partial charge in [-0.1, -0.05) is 30.3 Å². The van der Waals surface area contributed by atoms with Gasteiger partial charge in [-0.05, 0) is 49.2 Å². The Bertz CT molecular complexity index is 1170. The molecule has 1 N–H and O–H groups in total. The average molecular weight is 457 g/mol. The van der Waals surface area contributed by atoms with Gasteiger partial charge in [-0.25, -0.2) is 17.5 Å². The zero-order valence-corrected chi connectivity index (χ0v) is 18.4. The molecule has 0 atom stereocenters. The Balaban J connectivity index is 1.26. The lowest BCUT2D eigenvalue weighted by Gasteiger charge is -2.32. The van der Waals surface area contributed by atoms with E-state index >= 15 is 0 Å². The lowest BCUT2D eigenvalue weighted by Crippen LogP contribution is -2.46. The molecule has 32 heavy (non-hydrogen) atoms. The minimum atomic E-state index is -3.56. The number of sulfonamides is 1. The third-order valence-electron chi connectivity index (χ3n) is 5.61. The molecule has 2 aromatic carbocycles. The van der Waals surface area contributed by atoms with Crippen molar-refractivity contribution in [1.29, 1.82) is 0 Å². The normalized spacial score (nSPS) is 15.1. The second-order valence-corrected chi connectivity index (χ2v) is 9.55. The Hall–Kier alpha value is -2.97. The van der Waals surface area contributed by atoms with Gasteiger partial charge in [0.1, 0.15) is 17.3 Å². The van der Waals surface area contributed by atoms with Gasteiger partial charge in [-0.3, -0.25) is 4.79 Å². The molecule has 6 nitrogen and oxygen atoms in total. The number of carbonyl (C=O) groups is 1. The number of nitrogens with one attached hydrogen (secondary N) is 1. The monoisotopic (exact) mass is 456 g/mol. The highest BCUT2D eigenvalue weighted by molar-refractivity contribution is 7.89. The van der Waals surface area contributed by atoms with Gasteiger partial charge in [0.25, 0.3) is 0 Å². The number of rotatable bonds is 7. The van der Waals surface area contributed by atoms with Gasteiger partial charge in [-0.15, -0.1) is 0 Å². The van der Waals surface area contributed by atoms with Crippen LogP contribution in [0.4, 0.5) is 4.39 Å². The first kappa shape index (κ1) is 22.2. The molecule has 168 valence electrons. The fraction of sp³-hybridized carbons (Fsp3) is 0.292. The predicted molar refractivity (Wildman–Crippen MR) is 119 cm³/mol. The number of carbonyl (C=O) groups excluding carboxylic acids is 1. The van der Waals surface area contributed by atoms with Crippen LogP contribution < -0.4 is 4.72 Å². The average Bonchev–Trinajstić information content (AvgIpc) is 3.27. The first-order valence-electron chi connectivity index (χ1n) is 10.6. The maximum absolute atomic E-state index is 13.9. The molecule has 1 saturated heterocycles. The largest absolute Gasteiger partial charge is 0.461 e. The number of hydrogen-bond donors (Lipinski definition) is 1. The highest BCUT2D eigenvalue weighted by Crippen LogP contribution is 2.25. The summed E-state index contributed by atoms with van der Waals surface area (Å²) in [6.07, 6.45) is 1.84. The van der Waals surface area contributed by atoms with Crippen molar-refractivity contribution < 1.29 is 22.0 Å². The van der Waals surface area contributed by atoms with Crippen molar-refractivity contribution in [3.8, 4) is 11.3 Å². The molecule has 4 rings (SSSR count). The van der Waals surface area contributed by atoms with Crippen molar-refractivity contribution in [2.75, 3.05) is 13.1 Å². The van der Waals surface area contributed by atoms with Gasteiger partial charge < -0.3 is 9.32 Å². The van der Waals surface area contributed by atoms with Crippen LogP contribution in [0.25, 0.3) is 11.3 Å². The van der Waals surface area contributed by atoms with Crippen molar-refractivity contribution in [3.05, 3.63) is 78.3 Å². The zero-order chi connectivity index (χ0) is 22.6. The summed E-state index contributed by atoms with van der Waals surface area (Å²) in [5.74, 6) is 0.715. The van der Waals surface area contributed by atoms with Gasteiger partial charge in [0, 0.05) is 32.0 Å². The van der Waals surface area contributed by atoms with E-state index in [9.17, 15) is 17.6 Å². The van der Waals surface area contributed by atoms with E-state index in [4.69, 9.17) is 4.42 Å². The van der Waals surface area contributed by atoms with Crippen LogP contribution in [0.3, 0.4) is 0 Å². The van der Waals surface area contributed by atoms with Gasteiger partial charge >= 0.3 is 0 Å². The molecule has 2 heterocycles. The van der Waals surface area contributed by atoms with Crippen molar-refractivity contribution in [2.45, 2.75) is 36.6 Å². The van der Waals surface area contributed by atoms with E-state index in [-0.39, 0.29) is 29.1 Å². The van der Waals surface area contributed by atoms with Crippen LogP contribution in [-0.4, -0.2) is 38.4 Å². The Morgan fingerprint density at radius 1 is 1.00 bits per heavy atom. The summed E-state index contributed by atoms with van der Waals surface area (Å²) in [4.78, 5) is 14.6. The summed E-state index contributed by atoms with van der Waals surface area (Å²) in [7, 11) is -3.56. The molecule has 1 aliphatic rings. The first-order chi connectivity index (χ1) is 15.4. The Morgan fingerprint density at radius 2 is 1.69 bits per heavy atom. The third kappa shape index (κ3) is 5.26. The number of furan rings is 1. The van der Waals surface area contributed by atoms with Crippen molar-refractivity contribution in [2.24, 2.45) is 0 Å².